The number of pyridine rings is 1. The lowest BCUT2D eigenvalue weighted by Gasteiger charge is -2.10. The molecule has 0 radical (unpaired) electrons. The normalized spacial score (nSPS) is 10.4. The number of carbonyl (C=O) groups excluding carboxylic acids is 3. The molecule has 0 spiro atoms. The van der Waals surface area contributed by atoms with Crippen LogP contribution in [-0.4, -0.2) is 46.2 Å². The molecule has 166 valence electrons. The van der Waals surface area contributed by atoms with Gasteiger partial charge in [0.1, 0.15) is 0 Å². The molecule has 2 aromatic heterocycles. The highest BCUT2D eigenvalue weighted by atomic mass is 16.5. The summed E-state index contributed by atoms with van der Waals surface area (Å²) in [4.78, 5) is 44.9. The number of rotatable bonds is 9. The molecule has 10 nitrogen and oxygen atoms in total. The second-order valence-corrected chi connectivity index (χ2v) is 6.54. The zero-order valence-corrected chi connectivity index (χ0v) is 17.7. The summed E-state index contributed by atoms with van der Waals surface area (Å²) in [5.41, 5.74) is 1.23. The van der Waals surface area contributed by atoms with Crippen molar-refractivity contribution in [1.29, 1.82) is 0 Å². The van der Waals surface area contributed by atoms with Crippen LogP contribution in [0.1, 0.15) is 46.9 Å². The van der Waals surface area contributed by atoms with Gasteiger partial charge in [-0.15, -0.1) is 0 Å². The summed E-state index contributed by atoms with van der Waals surface area (Å²) in [5, 5.41) is 6.56. The summed E-state index contributed by atoms with van der Waals surface area (Å²) >= 11 is 0. The Kier molecular flexibility index (Phi) is 7.63. The Bertz CT molecular complexity index is 1060. The molecule has 3 aromatic rings. The molecular formula is C22H22N4O6. The van der Waals surface area contributed by atoms with Crippen LogP contribution in [0.5, 0.6) is 0 Å². The van der Waals surface area contributed by atoms with Gasteiger partial charge >= 0.3 is 11.9 Å². The molecule has 1 amide bonds. The van der Waals surface area contributed by atoms with E-state index in [9.17, 15) is 14.4 Å². The Balaban J connectivity index is 1.67. The molecule has 1 N–H and O–H groups in total. The fourth-order valence-electron chi connectivity index (χ4n) is 2.78. The Morgan fingerprint density at radius 2 is 1.72 bits per heavy atom. The number of nitrogens with one attached hydrogen (secondary N) is 1. The molecule has 0 atom stereocenters. The topological polar surface area (TPSA) is 134 Å². The molecule has 1 aromatic carbocycles. The minimum atomic E-state index is -0.608. The maximum absolute atomic E-state index is 12.4. The van der Waals surface area contributed by atoms with Crippen molar-refractivity contribution in [3.63, 3.8) is 0 Å². The first kappa shape index (κ1) is 22.6. The maximum atomic E-state index is 12.4. The second-order valence-electron chi connectivity index (χ2n) is 6.54. The number of anilines is 1. The fraction of sp³-hybridized carbons (Fsp3) is 0.273. The van der Waals surface area contributed by atoms with E-state index in [1.807, 2.05) is 0 Å². The predicted molar refractivity (Wildman–Crippen MR) is 113 cm³/mol. The number of aryl methyl sites for hydroxylation is 1. The van der Waals surface area contributed by atoms with Gasteiger partial charge in [-0.25, -0.2) is 9.59 Å². The van der Waals surface area contributed by atoms with E-state index < -0.39 is 11.9 Å². The van der Waals surface area contributed by atoms with E-state index in [1.54, 1.807) is 38.4 Å². The predicted octanol–water partition coefficient (Wildman–Crippen LogP) is 3.06. The first-order chi connectivity index (χ1) is 15.5. The van der Waals surface area contributed by atoms with Gasteiger partial charge in [0.05, 0.1) is 24.3 Å². The van der Waals surface area contributed by atoms with Crippen LogP contribution in [0.2, 0.25) is 0 Å². The number of hydrogen-bond donors (Lipinski definition) is 1. The highest BCUT2D eigenvalue weighted by molar-refractivity contribution is 5.99. The fourth-order valence-corrected chi connectivity index (χ4v) is 2.78. The van der Waals surface area contributed by atoms with Crippen LogP contribution in [0.3, 0.4) is 0 Å². The molecule has 2 heterocycles. The average molecular weight is 438 g/mol. The number of benzene rings is 1. The third-order valence-electron chi connectivity index (χ3n) is 4.19. The van der Waals surface area contributed by atoms with E-state index in [2.05, 4.69) is 20.4 Å². The highest BCUT2D eigenvalue weighted by Gasteiger charge is 2.16. The van der Waals surface area contributed by atoms with Crippen molar-refractivity contribution in [1.82, 2.24) is 15.1 Å². The Hall–Kier alpha value is -4.08. The first-order valence-electron chi connectivity index (χ1n) is 10.0. The van der Waals surface area contributed by atoms with Crippen LogP contribution in [0.15, 0.2) is 47.2 Å². The van der Waals surface area contributed by atoms with Crippen molar-refractivity contribution in [3.05, 3.63) is 59.7 Å². The minimum Gasteiger partial charge on any atom is -0.462 e. The smallest absolute Gasteiger partial charge is 0.338 e. The van der Waals surface area contributed by atoms with Gasteiger partial charge < -0.3 is 19.3 Å². The number of nitrogens with zero attached hydrogens (tertiary/aromatic N) is 3. The summed E-state index contributed by atoms with van der Waals surface area (Å²) in [6.07, 6.45) is 3.51. The minimum absolute atomic E-state index is 0.0487. The SMILES string of the molecule is CCOC(=O)c1cc(NC(=O)CCc2nc(-c3cccnc3)no2)cc(C(=O)OCC)c1. The van der Waals surface area contributed by atoms with Crippen molar-refractivity contribution in [2.45, 2.75) is 26.7 Å². The summed E-state index contributed by atoms with van der Waals surface area (Å²) in [6, 6.07) is 7.79. The molecule has 0 unspecified atom stereocenters. The maximum Gasteiger partial charge on any atom is 0.338 e. The summed E-state index contributed by atoms with van der Waals surface area (Å²) < 4.78 is 15.2. The molecule has 32 heavy (non-hydrogen) atoms. The number of hydrogen-bond acceptors (Lipinski definition) is 9. The van der Waals surface area contributed by atoms with Crippen LogP contribution in [-0.2, 0) is 20.7 Å². The van der Waals surface area contributed by atoms with Gasteiger partial charge in [-0.3, -0.25) is 9.78 Å². The quantitative estimate of drug-likeness (QED) is 0.500. The summed E-state index contributed by atoms with van der Waals surface area (Å²) in [6.45, 7) is 3.70. The van der Waals surface area contributed by atoms with Crippen molar-refractivity contribution in [2.24, 2.45) is 0 Å². The van der Waals surface area contributed by atoms with Crippen molar-refractivity contribution >= 4 is 23.5 Å². The van der Waals surface area contributed by atoms with Gasteiger partial charge in [-0.05, 0) is 44.2 Å². The van der Waals surface area contributed by atoms with E-state index in [-0.39, 0.29) is 48.8 Å². The van der Waals surface area contributed by atoms with Crippen LogP contribution in [0.4, 0.5) is 5.69 Å². The van der Waals surface area contributed by atoms with Crippen molar-refractivity contribution < 1.29 is 28.4 Å². The van der Waals surface area contributed by atoms with E-state index >= 15 is 0 Å². The van der Waals surface area contributed by atoms with E-state index in [0.29, 0.717) is 17.3 Å². The highest BCUT2D eigenvalue weighted by Crippen LogP contribution is 2.19. The molecule has 0 aliphatic heterocycles. The van der Waals surface area contributed by atoms with Crippen LogP contribution < -0.4 is 5.32 Å². The molecule has 0 aliphatic carbocycles. The number of aromatic nitrogens is 3. The largest absolute Gasteiger partial charge is 0.462 e. The van der Waals surface area contributed by atoms with Gasteiger partial charge in [-0.1, -0.05) is 5.16 Å². The van der Waals surface area contributed by atoms with Gasteiger partial charge in [0.15, 0.2) is 0 Å². The zero-order valence-electron chi connectivity index (χ0n) is 17.7. The monoisotopic (exact) mass is 438 g/mol. The first-order valence-corrected chi connectivity index (χ1v) is 10.0. The van der Waals surface area contributed by atoms with E-state index in [0.717, 1.165) is 0 Å². The zero-order chi connectivity index (χ0) is 22.9. The van der Waals surface area contributed by atoms with Crippen molar-refractivity contribution in [3.8, 4) is 11.4 Å². The second kappa shape index (κ2) is 10.8. The number of esters is 2. The van der Waals surface area contributed by atoms with Crippen LogP contribution in [0.25, 0.3) is 11.4 Å². The summed E-state index contributed by atoms with van der Waals surface area (Å²) in [5.74, 6) is -0.894. The Labute approximate surface area is 183 Å². The number of ether oxygens (including phenoxy) is 2. The average Bonchev–Trinajstić information content (AvgIpc) is 3.27. The van der Waals surface area contributed by atoms with Crippen molar-refractivity contribution in [2.75, 3.05) is 18.5 Å². The molecule has 0 aliphatic rings. The molecule has 0 saturated carbocycles. The van der Waals surface area contributed by atoms with Crippen LogP contribution >= 0.6 is 0 Å². The molecule has 0 fully saturated rings. The van der Waals surface area contributed by atoms with Crippen LogP contribution in [0, 0.1) is 0 Å². The number of amides is 1. The van der Waals surface area contributed by atoms with Gasteiger partial charge in [0, 0.05) is 36.5 Å². The molecular weight excluding hydrogens is 416 g/mol. The van der Waals surface area contributed by atoms with Gasteiger partial charge in [-0.2, -0.15) is 4.98 Å². The summed E-state index contributed by atoms with van der Waals surface area (Å²) in [7, 11) is 0. The van der Waals surface area contributed by atoms with Gasteiger partial charge in [0.25, 0.3) is 0 Å². The lowest BCUT2D eigenvalue weighted by atomic mass is 10.1. The molecule has 10 heteroatoms. The molecule has 0 saturated heterocycles. The lowest BCUT2D eigenvalue weighted by molar-refractivity contribution is -0.116. The number of carbonyl (C=O) groups is 3. The Morgan fingerprint density at radius 3 is 2.31 bits per heavy atom. The third-order valence-corrected chi connectivity index (χ3v) is 4.19. The van der Waals surface area contributed by atoms with E-state index in [4.69, 9.17) is 14.0 Å². The molecule has 3 rings (SSSR count). The molecule has 0 bridgehead atoms. The van der Waals surface area contributed by atoms with Gasteiger partial charge in [0.2, 0.25) is 17.6 Å². The lowest BCUT2D eigenvalue weighted by Crippen LogP contribution is -2.15. The standard InChI is InChI=1S/C22H22N4O6/c1-3-30-21(28)15-10-16(22(29)31-4-2)12-17(11-15)24-18(27)7-8-19-25-20(26-32-19)14-6-5-9-23-13-14/h5-6,9-13H,3-4,7-8H2,1-2H3,(H,24,27). The Morgan fingerprint density at radius 1 is 1.03 bits per heavy atom. The third kappa shape index (κ3) is 5.97. The van der Waals surface area contributed by atoms with E-state index in [1.165, 1.54) is 18.2 Å².